The molecule has 0 radical (unpaired) electrons. The van der Waals surface area contributed by atoms with Gasteiger partial charge in [-0.2, -0.15) is 9.97 Å². The second-order valence-corrected chi connectivity index (χ2v) is 10.4. The van der Waals surface area contributed by atoms with Crippen LogP contribution in [0.5, 0.6) is 0 Å². The van der Waals surface area contributed by atoms with Crippen molar-refractivity contribution >= 4 is 38.9 Å². The third-order valence-electron chi connectivity index (χ3n) is 7.90. The summed E-state index contributed by atoms with van der Waals surface area (Å²) in [4.78, 5) is 20.3. The summed E-state index contributed by atoms with van der Waals surface area (Å²) < 4.78 is 6.63. The van der Waals surface area contributed by atoms with Gasteiger partial charge in [-0.3, -0.25) is 8.97 Å². The molecule has 0 spiro atoms. The average molecular weight is 554 g/mol. The first-order valence-electron chi connectivity index (χ1n) is 14.2. The molecule has 0 N–H and O–H groups in total. The monoisotopic (exact) mass is 553 g/mol. The number of para-hydroxylation sites is 4. The summed E-state index contributed by atoms with van der Waals surface area (Å²) in [7, 11) is 0. The van der Waals surface area contributed by atoms with Crippen LogP contribution in [0, 0.1) is 0 Å². The Hall–Kier alpha value is -6.08. The van der Waals surface area contributed by atoms with E-state index in [1.165, 1.54) is 0 Å². The molecule has 0 aliphatic rings. The third-order valence-corrected chi connectivity index (χ3v) is 7.90. The van der Waals surface area contributed by atoms with Crippen molar-refractivity contribution in [1.29, 1.82) is 0 Å². The maximum atomic E-state index is 5.16. The van der Waals surface area contributed by atoms with Crippen molar-refractivity contribution < 1.29 is 0 Å². The van der Waals surface area contributed by atoms with Gasteiger partial charge < -0.3 is 0 Å². The van der Waals surface area contributed by atoms with Gasteiger partial charge in [0.25, 0.3) is 0 Å². The predicted octanol–water partition coefficient (Wildman–Crippen LogP) is 7.89. The fourth-order valence-electron chi connectivity index (χ4n) is 6.03. The molecule has 9 rings (SSSR count). The second-order valence-electron chi connectivity index (χ2n) is 10.4. The van der Waals surface area contributed by atoms with Gasteiger partial charge in [-0.15, -0.1) is 0 Å². The SMILES string of the molecule is c1ccc(-c2nc(-c3ccccc3)nc(-n3c4c5ccccc5n(-c5ccccc5)c4n4c5ccccc5nc34)n2)cc1. The molecule has 0 unspecified atom stereocenters. The Morgan fingerprint density at radius 3 is 1.67 bits per heavy atom. The lowest BCUT2D eigenvalue weighted by atomic mass is 10.2. The molecule has 4 heterocycles. The van der Waals surface area contributed by atoms with Gasteiger partial charge in [-0.05, 0) is 30.3 Å². The van der Waals surface area contributed by atoms with E-state index in [4.69, 9.17) is 19.9 Å². The third kappa shape index (κ3) is 3.55. The summed E-state index contributed by atoms with van der Waals surface area (Å²) >= 11 is 0. The van der Waals surface area contributed by atoms with Crippen LogP contribution in [0.25, 0.3) is 73.3 Å². The fourth-order valence-corrected chi connectivity index (χ4v) is 6.03. The van der Waals surface area contributed by atoms with Crippen molar-refractivity contribution in [3.63, 3.8) is 0 Å². The van der Waals surface area contributed by atoms with Gasteiger partial charge in [0, 0.05) is 22.2 Å². The summed E-state index contributed by atoms with van der Waals surface area (Å²) in [5.74, 6) is 2.46. The van der Waals surface area contributed by atoms with E-state index in [1.807, 2.05) is 78.9 Å². The highest BCUT2D eigenvalue weighted by Crippen LogP contribution is 2.38. The average Bonchev–Trinajstić information content (AvgIpc) is 3.72. The van der Waals surface area contributed by atoms with E-state index in [1.54, 1.807) is 0 Å². The van der Waals surface area contributed by atoms with Crippen LogP contribution in [-0.4, -0.2) is 33.5 Å². The van der Waals surface area contributed by atoms with E-state index in [9.17, 15) is 0 Å². The Kier molecular flexibility index (Phi) is 5.06. The predicted molar refractivity (Wildman–Crippen MR) is 171 cm³/mol. The standard InChI is InChI=1S/C36H23N7/c1-4-14-24(15-5-1)32-38-33(25-16-6-2-7-17-25)40-35(39-32)43-31-27-20-10-12-22-29(27)41(26-18-8-3-9-19-26)34(31)42-30-23-13-11-21-28(30)37-36(42)43/h1-23H. The number of imidazole rings is 2. The normalized spacial score (nSPS) is 11.7. The van der Waals surface area contributed by atoms with E-state index in [2.05, 4.69) is 74.2 Å². The van der Waals surface area contributed by atoms with Crippen molar-refractivity contribution in [3.05, 3.63) is 140 Å². The van der Waals surface area contributed by atoms with Crippen LogP contribution in [0.4, 0.5) is 0 Å². The lowest BCUT2D eigenvalue weighted by Gasteiger charge is -2.09. The zero-order valence-electron chi connectivity index (χ0n) is 22.9. The first kappa shape index (κ1) is 23.6. The van der Waals surface area contributed by atoms with Gasteiger partial charge in [0.2, 0.25) is 11.7 Å². The Bertz CT molecular complexity index is 2380. The molecule has 0 bridgehead atoms. The number of nitrogens with zero attached hydrogens (tertiary/aromatic N) is 7. The van der Waals surface area contributed by atoms with E-state index in [-0.39, 0.29) is 0 Å². The quantitative estimate of drug-likeness (QED) is 0.222. The molecule has 0 atom stereocenters. The molecule has 0 saturated heterocycles. The Morgan fingerprint density at radius 1 is 0.442 bits per heavy atom. The van der Waals surface area contributed by atoms with Gasteiger partial charge in [-0.1, -0.05) is 109 Å². The molecule has 202 valence electrons. The van der Waals surface area contributed by atoms with Crippen molar-refractivity contribution in [2.24, 2.45) is 0 Å². The summed E-state index contributed by atoms with van der Waals surface area (Å²) in [6.45, 7) is 0. The van der Waals surface area contributed by atoms with Gasteiger partial charge >= 0.3 is 0 Å². The molecule has 0 saturated carbocycles. The summed E-state index contributed by atoms with van der Waals surface area (Å²) in [6.07, 6.45) is 0. The topological polar surface area (TPSA) is 65.8 Å². The maximum Gasteiger partial charge on any atom is 0.241 e. The number of benzene rings is 5. The molecular formula is C36H23N7. The number of hydrogen-bond acceptors (Lipinski definition) is 4. The smallest absolute Gasteiger partial charge is 0.241 e. The first-order valence-corrected chi connectivity index (χ1v) is 14.2. The van der Waals surface area contributed by atoms with Crippen LogP contribution in [0.3, 0.4) is 0 Å². The van der Waals surface area contributed by atoms with Crippen LogP contribution in [0.15, 0.2) is 140 Å². The molecule has 9 aromatic rings. The Morgan fingerprint density at radius 2 is 1.00 bits per heavy atom. The van der Waals surface area contributed by atoms with Gasteiger partial charge in [0.1, 0.15) is 5.52 Å². The number of rotatable bonds is 4. The lowest BCUT2D eigenvalue weighted by Crippen LogP contribution is -2.07. The van der Waals surface area contributed by atoms with Gasteiger partial charge in [0.05, 0.1) is 16.6 Å². The molecule has 5 aromatic carbocycles. The molecule has 7 nitrogen and oxygen atoms in total. The van der Waals surface area contributed by atoms with Crippen LogP contribution < -0.4 is 0 Å². The number of aromatic nitrogens is 7. The zero-order chi connectivity index (χ0) is 28.3. The highest BCUT2D eigenvalue weighted by atomic mass is 15.3. The lowest BCUT2D eigenvalue weighted by molar-refractivity contribution is 0.938. The van der Waals surface area contributed by atoms with Gasteiger partial charge in [-0.25, -0.2) is 14.5 Å². The highest BCUT2D eigenvalue weighted by Gasteiger charge is 2.26. The van der Waals surface area contributed by atoms with E-state index in [0.717, 1.165) is 55.7 Å². The molecule has 0 aliphatic carbocycles. The van der Waals surface area contributed by atoms with E-state index in [0.29, 0.717) is 17.6 Å². The largest absolute Gasteiger partial charge is 0.294 e. The van der Waals surface area contributed by atoms with Crippen LogP contribution in [-0.2, 0) is 0 Å². The summed E-state index contributed by atoms with van der Waals surface area (Å²) in [5.41, 5.74) is 7.89. The molecule has 7 heteroatoms. The summed E-state index contributed by atoms with van der Waals surface area (Å²) in [6, 6.07) is 47.3. The minimum atomic E-state index is 0.513. The molecule has 0 fully saturated rings. The van der Waals surface area contributed by atoms with Gasteiger partial charge in [0.15, 0.2) is 17.3 Å². The Labute approximate surface area is 246 Å². The molecule has 4 aromatic heterocycles. The van der Waals surface area contributed by atoms with Crippen molar-refractivity contribution in [3.8, 4) is 34.4 Å². The number of fused-ring (bicyclic) bond motifs is 7. The Balaban J connectivity index is 1.48. The molecule has 0 amide bonds. The fraction of sp³-hybridized carbons (Fsp3) is 0. The molecule has 0 aliphatic heterocycles. The minimum absolute atomic E-state index is 0.513. The van der Waals surface area contributed by atoms with Crippen LogP contribution in [0.1, 0.15) is 0 Å². The van der Waals surface area contributed by atoms with Crippen LogP contribution >= 0.6 is 0 Å². The number of hydrogen-bond donors (Lipinski definition) is 0. The van der Waals surface area contributed by atoms with Crippen molar-refractivity contribution in [2.45, 2.75) is 0 Å². The molecule has 43 heavy (non-hydrogen) atoms. The summed E-state index contributed by atoms with van der Waals surface area (Å²) in [5, 5.41) is 1.08. The van der Waals surface area contributed by atoms with Crippen molar-refractivity contribution in [2.75, 3.05) is 0 Å². The van der Waals surface area contributed by atoms with Crippen LogP contribution in [0.2, 0.25) is 0 Å². The molecular weight excluding hydrogens is 530 g/mol. The first-order chi connectivity index (χ1) is 21.3. The highest BCUT2D eigenvalue weighted by molar-refractivity contribution is 6.10. The minimum Gasteiger partial charge on any atom is -0.294 e. The zero-order valence-corrected chi connectivity index (χ0v) is 22.9. The van der Waals surface area contributed by atoms with E-state index >= 15 is 0 Å². The van der Waals surface area contributed by atoms with E-state index < -0.39 is 0 Å². The van der Waals surface area contributed by atoms with Crippen molar-refractivity contribution in [1.82, 2.24) is 33.5 Å². The second kappa shape index (κ2) is 9.22. The maximum absolute atomic E-state index is 5.16.